The molecule has 122 valence electrons. The van der Waals surface area contributed by atoms with E-state index < -0.39 is 0 Å². The molecular weight excluding hydrogens is 316 g/mol. The first-order valence-electron chi connectivity index (χ1n) is 7.54. The Labute approximate surface area is 140 Å². The van der Waals surface area contributed by atoms with E-state index >= 15 is 0 Å². The second-order valence-corrected chi connectivity index (χ2v) is 6.28. The molecule has 0 saturated carbocycles. The molecule has 1 aliphatic heterocycles. The lowest BCUT2D eigenvalue weighted by atomic mass is 10.1. The average molecular weight is 335 g/mol. The molecule has 0 aliphatic carbocycles. The number of nitrogens with zero attached hydrogens (tertiary/aromatic N) is 1. The van der Waals surface area contributed by atoms with Crippen LogP contribution in [-0.2, 0) is 4.74 Å². The highest BCUT2D eigenvalue weighted by molar-refractivity contribution is 6.33. The number of hydrogen-bond acceptors (Lipinski definition) is 4. The Hall–Kier alpha value is -1.98. The number of benzene rings is 1. The van der Waals surface area contributed by atoms with Gasteiger partial charge in [-0.1, -0.05) is 11.6 Å². The summed E-state index contributed by atoms with van der Waals surface area (Å²) in [5.41, 5.74) is 6.99. The lowest BCUT2D eigenvalue weighted by Crippen LogP contribution is -2.48. The Morgan fingerprint density at radius 3 is 2.57 bits per heavy atom. The fraction of sp³-hybridized carbons (Fsp3) is 0.353. The predicted octanol–water partition coefficient (Wildman–Crippen LogP) is 3.43. The second-order valence-electron chi connectivity index (χ2n) is 5.87. The van der Waals surface area contributed by atoms with Gasteiger partial charge in [0.25, 0.3) is 5.91 Å². The van der Waals surface area contributed by atoms with E-state index in [1.165, 1.54) is 0 Å². The highest BCUT2D eigenvalue weighted by atomic mass is 35.5. The van der Waals surface area contributed by atoms with Crippen molar-refractivity contribution >= 4 is 23.2 Å². The van der Waals surface area contributed by atoms with Gasteiger partial charge in [0.15, 0.2) is 5.76 Å². The van der Waals surface area contributed by atoms with Crippen LogP contribution in [0.15, 0.2) is 34.7 Å². The number of amides is 1. The fourth-order valence-electron chi connectivity index (χ4n) is 2.83. The van der Waals surface area contributed by atoms with Crippen molar-refractivity contribution in [2.75, 3.05) is 18.8 Å². The van der Waals surface area contributed by atoms with Crippen molar-refractivity contribution < 1.29 is 13.9 Å². The van der Waals surface area contributed by atoms with Crippen LogP contribution in [-0.4, -0.2) is 36.1 Å². The Balaban J connectivity index is 1.82. The topological polar surface area (TPSA) is 68.7 Å². The number of hydrogen-bond donors (Lipinski definition) is 1. The van der Waals surface area contributed by atoms with Gasteiger partial charge in [-0.15, -0.1) is 0 Å². The van der Waals surface area contributed by atoms with Gasteiger partial charge in [0.05, 0.1) is 17.2 Å². The van der Waals surface area contributed by atoms with Crippen LogP contribution >= 0.6 is 11.6 Å². The quantitative estimate of drug-likeness (QED) is 0.854. The molecule has 1 saturated heterocycles. The number of morpholine rings is 1. The van der Waals surface area contributed by atoms with Crippen molar-refractivity contribution in [1.29, 1.82) is 0 Å². The third kappa shape index (κ3) is 3.35. The molecular formula is C17H19ClN2O3. The highest BCUT2D eigenvalue weighted by Crippen LogP contribution is 2.31. The Bertz CT molecular complexity index is 718. The lowest BCUT2D eigenvalue weighted by molar-refractivity contribution is -0.0592. The summed E-state index contributed by atoms with van der Waals surface area (Å²) < 4.78 is 11.4. The smallest absolute Gasteiger partial charge is 0.289 e. The summed E-state index contributed by atoms with van der Waals surface area (Å²) in [5.74, 6) is 0.715. The average Bonchev–Trinajstić information content (AvgIpc) is 2.95. The molecule has 2 atom stereocenters. The minimum absolute atomic E-state index is 0.0173. The monoisotopic (exact) mass is 334 g/mol. The third-order valence-corrected chi connectivity index (χ3v) is 4.09. The molecule has 0 spiro atoms. The first-order chi connectivity index (χ1) is 10.9. The molecule has 0 radical (unpaired) electrons. The van der Waals surface area contributed by atoms with Gasteiger partial charge in [-0.3, -0.25) is 4.79 Å². The number of carbonyl (C=O) groups excluding carboxylic acids is 1. The maximum atomic E-state index is 12.6. The number of rotatable bonds is 2. The number of furan rings is 1. The van der Waals surface area contributed by atoms with Crippen LogP contribution in [0.3, 0.4) is 0 Å². The van der Waals surface area contributed by atoms with E-state index in [9.17, 15) is 4.79 Å². The number of nitrogen functional groups attached to an aromatic ring is 1. The number of carbonyl (C=O) groups is 1. The maximum Gasteiger partial charge on any atom is 0.289 e. The largest absolute Gasteiger partial charge is 0.451 e. The van der Waals surface area contributed by atoms with Gasteiger partial charge >= 0.3 is 0 Å². The SMILES string of the molecule is C[C@@H]1CN(C(=O)c2ccc(-c3ccc(N)cc3Cl)o2)C[C@@H](C)O1. The van der Waals surface area contributed by atoms with Gasteiger partial charge in [0.1, 0.15) is 5.76 Å². The summed E-state index contributed by atoms with van der Waals surface area (Å²) >= 11 is 6.19. The van der Waals surface area contributed by atoms with Crippen molar-refractivity contribution in [3.05, 3.63) is 41.1 Å². The van der Waals surface area contributed by atoms with Crippen LogP contribution in [0.25, 0.3) is 11.3 Å². The van der Waals surface area contributed by atoms with Crippen molar-refractivity contribution in [2.24, 2.45) is 0 Å². The molecule has 2 N–H and O–H groups in total. The highest BCUT2D eigenvalue weighted by Gasteiger charge is 2.28. The molecule has 2 heterocycles. The zero-order chi connectivity index (χ0) is 16.6. The third-order valence-electron chi connectivity index (χ3n) is 3.78. The van der Waals surface area contributed by atoms with E-state index in [0.29, 0.717) is 40.9 Å². The van der Waals surface area contributed by atoms with Crippen LogP contribution in [0.4, 0.5) is 5.69 Å². The zero-order valence-electron chi connectivity index (χ0n) is 13.1. The van der Waals surface area contributed by atoms with Gasteiger partial charge in [-0.25, -0.2) is 0 Å². The van der Waals surface area contributed by atoms with Gasteiger partial charge in [0, 0.05) is 24.3 Å². The van der Waals surface area contributed by atoms with Crippen LogP contribution in [0.1, 0.15) is 24.4 Å². The van der Waals surface area contributed by atoms with Crippen LogP contribution in [0.2, 0.25) is 5.02 Å². The van der Waals surface area contributed by atoms with E-state index in [-0.39, 0.29) is 18.1 Å². The van der Waals surface area contributed by atoms with Crippen LogP contribution in [0, 0.1) is 0 Å². The van der Waals surface area contributed by atoms with Crippen molar-refractivity contribution in [3.63, 3.8) is 0 Å². The first-order valence-corrected chi connectivity index (χ1v) is 7.92. The molecule has 1 aromatic heterocycles. The Morgan fingerprint density at radius 2 is 1.91 bits per heavy atom. The fourth-order valence-corrected chi connectivity index (χ4v) is 3.11. The summed E-state index contributed by atoms with van der Waals surface area (Å²) in [6, 6.07) is 8.61. The van der Waals surface area contributed by atoms with E-state index in [2.05, 4.69) is 0 Å². The molecule has 23 heavy (non-hydrogen) atoms. The van der Waals surface area contributed by atoms with Crippen LogP contribution in [0.5, 0.6) is 0 Å². The van der Waals surface area contributed by atoms with Gasteiger partial charge in [0.2, 0.25) is 0 Å². The van der Waals surface area contributed by atoms with E-state index in [4.69, 9.17) is 26.5 Å². The van der Waals surface area contributed by atoms with Crippen molar-refractivity contribution in [2.45, 2.75) is 26.1 Å². The van der Waals surface area contributed by atoms with Crippen molar-refractivity contribution in [3.8, 4) is 11.3 Å². The maximum absolute atomic E-state index is 12.6. The molecule has 1 amide bonds. The number of halogens is 1. The Morgan fingerprint density at radius 1 is 1.22 bits per heavy atom. The number of nitrogens with two attached hydrogens (primary N) is 1. The van der Waals surface area contributed by atoms with E-state index in [1.807, 2.05) is 13.8 Å². The summed E-state index contributed by atoms with van der Waals surface area (Å²) in [6.07, 6.45) is 0.0346. The summed E-state index contributed by atoms with van der Waals surface area (Å²) in [4.78, 5) is 14.4. The molecule has 1 aromatic carbocycles. The minimum atomic E-state index is -0.134. The van der Waals surface area contributed by atoms with E-state index in [1.54, 1.807) is 35.2 Å². The minimum Gasteiger partial charge on any atom is -0.451 e. The standard InChI is InChI=1S/C17H19ClN2O3/c1-10-8-20(9-11(2)22-10)17(21)16-6-5-15(23-16)13-4-3-12(19)7-14(13)18/h3-7,10-11H,8-9,19H2,1-2H3/t10-,11-/m1/s1. The normalized spacial score (nSPS) is 21.4. The molecule has 2 aromatic rings. The Kier molecular flexibility index (Phi) is 4.33. The molecule has 1 fully saturated rings. The van der Waals surface area contributed by atoms with E-state index in [0.717, 1.165) is 0 Å². The predicted molar refractivity (Wildman–Crippen MR) is 89.5 cm³/mol. The number of anilines is 1. The molecule has 0 bridgehead atoms. The molecule has 1 aliphatic rings. The lowest BCUT2D eigenvalue weighted by Gasteiger charge is -2.34. The van der Waals surface area contributed by atoms with Gasteiger partial charge in [-0.05, 0) is 44.2 Å². The molecule has 3 rings (SSSR count). The molecule has 0 unspecified atom stereocenters. The molecule has 6 heteroatoms. The summed E-state index contributed by atoms with van der Waals surface area (Å²) in [5, 5.41) is 0.493. The number of ether oxygens (including phenoxy) is 1. The van der Waals surface area contributed by atoms with Gasteiger partial charge < -0.3 is 19.8 Å². The molecule has 5 nitrogen and oxygen atoms in total. The summed E-state index contributed by atoms with van der Waals surface area (Å²) in [6.45, 7) is 5.03. The van der Waals surface area contributed by atoms with Crippen LogP contribution < -0.4 is 5.73 Å². The second kappa shape index (κ2) is 6.26. The summed E-state index contributed by atoms with van der Waals surface area (Å²) in [7, 11) is 0. The first kappa shape index (κ1) is 15.9. The zero-order valence-corrected chi connectivity index (χ0v) is 13.8. The van der Waals surface area contributed by atoms with Gasteiger partial charge in [-0.2, -0.15) is 0 Å². The van der Waals surface area contributed by atoms with Crippen molar-refractivity contribution in [1.82, 2.24) is 4.90 Å².